The first-order chi connectivity index (χ1) is 9.15. The van der Waals surface area contributed by atoms with Crippen molar-refractivity contribution in [3.63, 3.8) is 0 Å². The molecule has 0 aliphatic carbocycles. The Morgan fingerprint density at radius 1 is 1.37 bits per heavy atom. The maximum atomic E-state index is 11.6. The highest BCUT2D eigenvalue weighted by molar-refractivity contribution is 7.13. The van der Waals surface area contributed by atoms with Crippen molar-refractivity contribution >= 4 is 22.9 Å². The maximum absolute atomic E-state index is 11.6. The Morgan fingerprint density at radius 3 is 2.68 bits per heavy atom. The van der Waals surface area contributed by atoms with E-state index >= 15 is 0 Å². The van der Waals surface area contributed by atoms with E-state index in [1.54, 1.807) is 17.5 Å². The van der Waals surface area contributed by atoms with Gasteiger partial charge >= 0.3 is 0 Å². The predicted octanol–water partition coefficient (Wildman–Crippen LogP) is 3.17. The second-order valence-electron chi connectivity index (χ2n) is 4.32. The normalized spacial score (nSPS) is 10.7. The number of benzene rings is 1. The van der Waals surface area contributed by atoms with E-state index in [-0.39, 0.29) is 18.6 Å². The third kappa shape index (κ3) is 4.15. The number of ether oxygens (including phenoxy) is 1. The van der Waals surface area contributed by atoms with Gasteiger partial charge in [0.2, 0.25) is 5.91 Å². The van der Waals surface area contributed by atoms with Crippen molar-refractivity contribution in [2.24, 2.45) is 0 Å². The first-order valence-corrected chi connectivity index (χ1v) is 6.94. The molecule has 4 nitrogen and oxygen atoms in total. The summed E-state index contributed by atoms with van der Waals surface area (Å²) in [5.74, 6) is -0.143. The van der Waals surface area contributed by atoms with E-state index < -0.39 is 0 Å². The van der Waals surface area contributed by atoms with Gasteiger partial charge in [0.15, 0.2) is 0 Å². The summed E-state index contributed by atoms with van der Waals surface area (Å²) in [7, 11) is 0. The zero-order chi connectivity index (χ0) is 13.7. The second kappa shape index (κ2) is 6.45. The van der Waals surface area contributed by atoms with Crippen LogP contribution >= 0.6 is 11.3 Å². The SMILES string of the molecule is CC(C)OCC(=O)Nc1ccc(-c2nccs2)cc1. The summed E-state index contributed by atoms with van der Waals surface area (Å²) in [5, 5.41) is 5.70. The summed E-state index contributed by atoms with van der Waals surface area (Å²) in [5.41, 5.74) is 1.81. The third-order valence-electron chi connectivity index (χ3n) is 2.40. The Balaban J connectivity index is 1.94. The fraction of sp³-hybridized carbons (Fsp3) is 0.286. The minimum absolute atomic E-state index is 0.0537. The molecule has 0 bridgehead atoms. The van der Waals surface area contributed by atoms with Gasteiger partial charge in [-0.2, -0.15) is 0 Å². The Hall–Kier alpha value is -1.72. The standard InChI is InChI=1S/C14H16N2O2S/c1-10(2)18-9-13(17)16-12-5-3-11(4-6-12)14-15-7-8-19-14/h3-8,10H,9H2,1-2H3,(H,16,17). The number of rotatable bonds is 5. The molecule has 0 aliphatic rings. The van der Waals surface area contributed by atoms with Crippen LogP contribution in [0.1, 0.15) is 13.8 Å². The molecule has 0 atom stereocenters. The zero-order valence-corrected chi connectivity index (χ0v) is 11.7. The van der Waals surface area contributed by atoms with Crippen LogP contribution < -0.4 is 5.32 Å². The Bertz CT molecular complexity index is 521. The van der Waals surface area contributed by atoms with Crippen molar-refractivity contribution < 1.29 is 9.53 Å². The van der Waals surface area contributed by atoms with Crippen LogP contribution in [-0.4, -0.2) is 23.6 Å². The van der Waals surface area contributed by atoms with E-state index in [0.29, 0.717) is 0 Å². The molecule has 1 heterocycles. The van der Waals surface area contributed by atoms with Gasteiger partial charge in [-0.25, -0.2) is 4.98 Å². The molecule has 0 radical (unpaired) electrons. The van der Waals surface area contributed by atoms with E-state index in [2.05, 4.69) is 10.3 Å². The van der Waals surface area contributed by atoms with Crippen molar-refractivity contribution in [2.45, 2.75) is 20.0 Å². The van der Waals surface area contributed by atoms with Crippen LogP contribution in [0.25, 0.3) is 10.6 Å². The highest BCUT2D eigenvalue weighted by Gasteiger charge is 2.05. The summed E-state index contributed by atoms with van der Waals surface area (Å²) >= 11 is 1.59. The number of anilines is 1. The van der Waals surface area contributed by atoms with Gasteiger partial charge in [-0.05, 0) is 38.1 Å². The summed E-state index contributed by atoms with van der Waals surface area (Å²) in [6, 6.07) is 7.61. The van der Waals surface area contributed by atoms with Crippen LogP contribution in [0.4, 0.5) is 5.69 Å². The maximum Gasteiger partial charge on any atom is 0.250 e. The van der Waals surface area contributed by atoms with E-state index in [4.69, 9.17) is 4.74 Å². The average Bonchev–Trinajstić information content (AvgIpc) is 2.91. The molecule has 1 N–H and O–H groups in total. The van der Waals surface area contributed by atoms with Gasteiger partial charge in [0.1, 0.15) is 11.6 Å². The van der Waals surface area contributed by atoms with E-state index in [0.717, 1.165) is 16.3 Å². The second-order valence-corrected chi connectivity index (χ2v) is 5.22. The van der Waals surface area contributed by atoms with Gasteiger partial charge in [-0.15, -0.1) is 11.3 Å². The smallest absolute Gasteiger partial charge is 0.250 e. The van der Waals surface area contributed by atoms with Crippen LogP contribution in [0.3, 0.4) is 0 Å². The highest BCUT2D eigenvalue weighted by atomic mass is 32.1. The Morgan fingerprint density at radius 2 is 2.11 bits per heavy atom. The Labute approximate surface area is 116 Å². The molecule has 0 saturated carbocycles. The molecule has 1 aromatic carbocycles. The van der Waals surface area contributed by atoms with Crippen molar-refractivity contribution in [3.8, 4) is 10.6 Å². The molecular formula is C14H16N2O2S. The molecule has 0 fully saturated rings. The van der Waals surface area contributed by atoms with Crippen LogP contribution in [0.15, 0.2) is 35.8 Å². The largest absolute Gasteiger partial charge is 0.369 e. The minimum Gasteiger partial charge on any atom is -0.369 e. The molecule has 1 aromatic heterocycles. The molecule has 0 spiro atoms. The van der Waals surface area contributed by atoms with E-state index in [1.165, 1.54) is 0 Å². The molecule has 5 heteroatoms. The van der Waals surface area contributed by atoms with E-state index in [1.807, 2.05) is 43.5 Å². The van der Waals surface area contributed by atoms with Crippen LogP contribution in [0, 0.1) is 0 Å². The fourth-order valence-electron chi connectivity index (χ4n) is 1.50. The summed E-state index contributed by atoms with van der Waals surface area (Å²) in [4.78, 5) is 15.8. The quantitative estimate of drug-likeness (QED) is 0.912. The lowest BCUT2D eigenvalue weighted by Gasteiger charge is -2.08. The molecule has 1 amide bonds. The van der Waals surface area contributed by atoms with Crippen molar-refractivity contribution in [2.75, 3.05) is 11.9 Å². The summed E-state index contributed by atoms with van der Waals surface area (Å²) in [6.07, 6.45) is 1.83. The number of amides is 1. The number of hydrogen-bond acceptors (Lipinski definition) is 4. The molecule has 0 unspecified atom stereocenters. The highest BCUT2D eigenvalue weighted by Crippen LogP contribution is 2.23. The Kier molecular flexibility index (Phi) is 4.65. The molecule has 0 saturated heterocycles. The summed E-state index contributed by atoms with van der Waals surface area (Å²) in [6.45, 7) is 3.87. The first kappa shape index (κ1) is 13.7. The van der Waals surface area contributed by atoms with Crippen molar-refractivity contribution in [3.05, 3.63) is 35.8 Å². The number of aromatic nitrogens is 1. The number of thiazole rings is 1. The number of carbonyl (C=O) groups is 1. The third-order valence-corrected chi connectivity index (χ3v) is 3.22. The number of nitrogens with zero attached hydrogens (tertiary/aromatic N) is 1. The molecule has 2 aromatic rings. The fourth-order valence-corrected chi connectivity index (χ4v) is 2.15. The number of nitrogens with one attached hydrogen (secondary N) is 1. The lowest BCUT2D eigenvalue weighted by molar-refractivity contribution is -0.121. The molecule has 2 rings (SSSR count). The van der Waals surface area contributed by atoms with Gasteiger partial charge in [-0.1, -0.05) is 0 Å². The monoisotopic (exact) mass is 276 g/mol. The van der Waals surface area contributed by atoms with E-state index in [9.17, 15) is 4.79 Å². The first-order valence-electron chi connectivity index (χ1n) is 6.06. The van der Waals surface area contributed by atoms with Gasteiger partial charge < -0.3 is 10.1 Å². The predicted molar refractivity (Wildman–Crippen MR) is 77.3 cm³/mol. The topological polar surface area (TPSA) is 51.2 Å². The van der Waals surface area contributed by atoms with Gasteiger partial charge in [0.05, 0.1) is 6.10 Å². The van der Waals surface area contributed by atoms with Gasteiger partial charge in [0.25, 0.3) is 0 Å². The molecular weight excluding hydrogens is 260 g/mol. The van der Waals surface area contributed by atoms with Crippen LogP contribution in [0.2, 0.25) is 0 Å². The molecule has 19 heavy (non-hydrogen) atoms. The number of carbonyl (C=O) groups excluding carboxylic acids is 1. The van der Waals surface area contributed by atoms with Crippen LogP contribution in [-0.2, 0) is 9.53 Å². The van der Waals surface area contributed by atoms with Crippen molar-refractivity contribution in [1.82, 2.24) is 4.98 Å². The number of hydrogen-bond donors (Lipinski definition) is 1. The molecule has 0 aliphatic heterocycles. The summed E-state index contributed by atoms with van der Waals surface area (Å²) < 4.78 is 5.24. The van der Waals surface area contributed by atoms with Crippen molar-refractivity contribution in [1.29, 1.82) is 0 Å². The van der Waals surface area contributed by atoms with Crippen LogP contribution in [0.5, 0.6) is 0 Å². The lowest BCUT2D eigenvalue weighted by atomic mass is 10.2. The zero-order valence-electron chi connectivity index (χ0n) is 10.9. The molecule has 100 valence electrons. The minimum atomic E-state index is -0.143. The van der Waals surface area contributed by atoms with Gasteiger partial charge in [-0.3, -0.25) is 4.79 Å². The van der Waals surface area contributed by atoms with Gasteiger partial charge in [0, 0.05) is 22.8 Å². The lowest BCUT2D eigenvalue weighted by Crippen LogP contribution is -2.20. The average molecular weight is 276 g/mol.